The molecule has 1 aromatic heterocycles. The first-order valence-electron chi connectivity index (χ1n) is 9.53. The molecule has 1 atom stereocenters. The summed E-state index contributed by atoms with van der Waals surface area (Å²) in [6.45, 7) is 0.271. The van der Waals surface area contributed by atoms with E-state index in [1.54, 1.807) is 0 Å². The summed E-state index contributed by atoms with van der Waals surface area (Å²) in [6, 6.07) is 3.12. The fourth-order valence-electron chi connectivity index (χ4n) is 3.08. The van der Waals surface area contributed by atoms with Crippen molar-refractivity contribution in [3.8, 4) is 5.75 Å². The zero-order chi connectivity index (χ0) is 24.9. The third-order valence-corrected chi connectivity index (χ3v) is 4.60. The third-order valence-electron chi connectivity index (χ3n) is 4.60. The second-order valence-electron chi connectivity index (χ2n) is 7.08. The van der Waals surface area contributed by atoms with Gasteiger partial charge >= 0.3 is 11.9 Å². The predicted molar refractivity (Wildman–Crippen MR) is 113 cm³/mol. The average Bonchev–Trinajstić information content (AvgIpc) is 2.73. The van der Waals surface area contributed by atoms with E-state index in [2.05, 4.69) is 10.6 Å². The SMILES string of the molecule is CC(=O)N[C@@H](CC(=O)O)C(=O)NCc1ccc2c(c1)c(O)c(C(=O)NCC(=O)O)c(=O)n2C. The van der Waals surface area contributed by atoms with E-state index in [0.717, 1.165) is 11.5 Å². The topological polar surface area (TPSA) is 204 Å². The molecule has 0 saturated carbocycles. The zero-order valence-corrected chi connectivity index (χ0v) is 17.7. The highest BCUT2D eigenvalue weighted by atomic mass is 16.4. The first-order chi connectivity index (χ1) is 15.4. The number of hydrogen-bond acceptors (Lipinski definition) is 7. The maximum atomic E-state index is 12.5. The van der Waals surface area contributed by atoms with Crippen LogP contribution in [0.1, 0.15) is 29.3 Å². The van der Waals surface area contributed by atoms with E-state index < -0.39 is 65.5 Å². The summed E-state index contributed by atoms with van der Waals surface area (Å²) >= 11 is 0. The molecule has 33 heavy (non-hydrogen) atoms. The number of nitrogens with zero attached hydrogens (tertiary/aromatic N) is 1. The summed E-state index contributed by atoms with van der Waals surface area (Å²) < 4.78 is 1.10. The Bertz CT molecular complexity index is 1190. The Balaban J connectivity index is 2.34. The standard InChI is InChI=1S/C20H22N4O9/c1-9(25)23-12(6-14(26)27)18(31)21-7-10-3-4-13-11(5-10)17(30)16(20(33)24(13)2)19(32)22-8-15(28)29/h3-5,12,30H,6-8H2,1-2H3,(H,21,31)(H,22,32)(H,23,25)(H,26,27)(H,28,29)/t12-/m0/s1. The predicted octanol–water partition coefficient (Wildman–Crippen LogP) is -1.35. The van der Waals surface area contributed by atoms with Gasteiger partial charge in [0, 0.05) is 25.9 Å². The number of aromatic nitrogens is 1. The van der Waals surface area contributed by atoms with Crippen molar-refractivity contribution in [3.63, 3.8) is 0 Å². The van der Waals surface area contributed by atoms with Crippen LogP contribution >= 0.6 is 0 Å². The van der Waals surface area contributed by atoms with Gasteiger partial charge in [-0.2, -0.15) is 0 Å². The fourth-order valence-corrected chi connectivity index (χ4v) is 3.08. The van der Waals surface area contributed by atoms with E-state index in [0.29, 0.717) is 5.56 Å². The Morgan fingerprint density at radius 2 is 1.73 bits per heavy atom. The van der Waals surface area contributed by atoms with Crippen LogP contribution in [0.5, 0.6) is 5.75 Å². The number of aliphatic carboxylic acids is 2. The Kier molecular flexibility index (Phi) is 7.72. The van der Waals surface area contributed by atoms with Crippen molar-refractivity contribution >= 4 is 40.6 Å². The van der Waals surface area contributed by atoms with Crippen molar-refractivity contribution in [2.45, 2.75) is 25.9 Å². The lowest BCUT2D eigenvalue weighted by Gasteiger charge is -2.16. The number of pyridine rings is 1. The second kappa shape index (κ2) is 10.3. The van der Waals surface area contributed by atoms with Crippen molar-refractivity contribution in [1.29, 1.82) is 0 Å². The lowest BCUT2D eigenvalue weighted by molar-refractivity contribution is -0.140. The summed E-state index contributed by atoms with van der Waals surface area (Å²) in [6.07, 6.45) is -0.624. The molecule has 0 bridgehead atoms. The fraction of sp³-hybridized carbons (Fsp3) is 0.300. The van der Waals surface area contributed by atoms with Crippen LogP contribution in [-0.4, -0.2) is 62.1 Å². The van der Waals surface area contributed by atoms with Gasteiger partial charge in [0.25, 0.3) is 11.5 Å². The van der Waals surface area contributed by atoms with Gasteiger partial charge in [-0.3, -0.25) is 28.8 Å². The molecule has 0 unspecified atom stereocenters. The van der Waals surface area contributed by atoms with Crippen molar-refractivity contribution in [3.05, 3.63) is 39.7 Å². The highest BCUT2D eigenvalue weighted by Gasteiger charge is 2.24. The summed E-state index contributed by atoms with van der Waals surface area (Å²) in [5.41, 5.74) is -0.779. The molecule has 0 aliphatic heterocycles. The number of carbonyl (C=O) groups excluding carboxylic acids is 3. The lowest BCUT2D eigenvalue weighted by Crippen LogP contribution is -2.46. The van der Waals surface area contributed by atoms with Crippen LogP contribution in [-0.2, 0) is 32.8 Å². The summed E-state index contributed by atoms with van der Waals surface area (Å²) in [5, 5.41) is 35.0. The van der Waals surface area contributed by atoms with Gasteiger partial charge in [-0.15, -0.1) is 0 Å². The molecule has 0 aliphatic rings. The number of carboxylic acid groups (broad SMARTS) is 2. The molecule has 13 heteroatoms. The molecule has 2 rings (SSSR count). The van der Waals surface area contributed by atoms with Crippen LogP contribution in [0.3, 0.4) is 0 Å². The number of fused-ring (bicyclic) bond motifs is 1. The van der Waals surface area contributed by atoms with Crippen LogP contribution in [0.2, 0.25) is 0 Å². The smallest absolute Gasteiger partial charge is 0.322 e. The minimum absolute atomic E-state index is 0.0910. The Morgan fingerprint density at radius 3 is 2.30 bits per heavy atom. The Morgan fingerprint density at radius 1 is 1.06 bits per heavy atom. The lowest BCUT2D eigenvalue weighted by atomic mass is 10.1. The highest BCUT2D eigenvalue weighted by Crippen LogP contribution is 2.27. The minimum atomic E-state index is -1.33. The summed E-state index contributed by atoms with van der Waals surface area (Å²) in [7, 11) is 1.36. The van der Waals surface area contributed by atoms with Crippen molar-refractivity contribution in [2.75, 3.05) is 6.54 Å². The molecule has 1 heterocycles. The molecular weight excluding hydrogens is 440 g/mol. The second-order valence-corrected chi connectivity index (χ2v) is 7.08. The zero-order valence-electron chi connectivity index (χ0n) is 17.7. The molecule has 0 spiro atoms. The van der Waals surface area contributed by atoms with E-state index in [1.807, 2.05) is 5.32 Å². The third kappa shape index (κ3) is 6.06. The van der Waals surface area contributed by atoms with Gasteiger partial charge in [0.15, 0.2) is 0 Å². The Labute approximate surface area is 186 Å². The first kappa shape index (κ1) is 24.8. The normalized spacial score (nSPS) is 11.5. The number of aromatic hydroxyl groups is 1. The number of carbonyl (C=O) groups is 5. The number of benzene rings is 1. The average molecular weight is 462 g/mol. The summed E-state index contributed by atoms with van der Waals surface area (Å²) in [4.78, 5) is 69.9. The van der Waals surface area contributed by atoms with Crippen LogP contribution in [0.25, 0.3) is 10.9 Å². The van der Waals surface area contributed by atoms with Crippen molar-refractivity contribution in [1.82, 2.24) is 20.5 Å². The van der Waals surface area contributed by atoms with Crippen LogP contribution < -0.4 is 21.5 Å². The van der Waals surface area contributed by atoms with Gasteiger partial charge in [-0.1, -0.05) is 6.07 Å². The van der Waals surface area contributed by atoms with Gasteiger partial charge in [0.05, 0.1) is 11.9 Å². The van der Waals surface area contributed by atoms with Gasteiger partial charge in [0.1, 0.15) is 23.9 Å². The maximum Gasteiger partial charge on any atom is 0.322 e. The van der Waals surface area contributed by atoms with E-state index >= 15 is 0 Å². The molecule has 0 saturated heterocycles. The molecule has 0 fully saturated rings. The number of hydrogen-bond donors (Lipinski definition) is 6. The molecule has 6 N–H and O–H groups in total. The van der Waals surface area contributed by atoms with Gasteiger partial charge in [-0.05, 0) is 17.7 Å². The molecule has 176 valence electrons. The molecule has 3 amide bonds. The van der Waals surface area contributed by atoms with Gasteiger partial charge in [-0.25, -0.2) is 0 Å². The number of aryl methyl sites for hydroxylation is 1. The number of nitrogens with one attached hydrogen (secondary N) is 3. The van der Waals surface area contributed by atoms with Crippen molar-refractivity contribution < 1.29 is 39.3 Å². The van der Waals surface area contributed by atoms with E-state index in [1.165, 1.54) is 25.2 Å². The van der Waals surface area contributed by atoms with Gasteiger partial charge < -0.3 is 35.8 Å². The van der Waals surface area contributed by atoms with E-state index in [4.69, 9.17) is 10.2 Å². The molecule has 1 aromatic carbocycles. The van der Waals surface area contributed by atoms with Crippen LogP contribution in [0, 0.1) is 0 Å². The van der Waals surface area contributed by atoms with E-state index in [9.17, 15) is 33.9 Å². The molecular formula is C20H22N4O9. The highest BCUT2D eigenvalue weighted by molar-refractivity contribution is 6.03. The first-order valence-corrected chi connectivity index (χ1v) is 9.53. The quantitative estimate of drug-likeness (QED) is 0.260. The maximum absolute atomic E-state index is 12.5. The number of amides is 3. The largest absolute Gasteiger partial charge is 0.506 e. The molecule has 0 radical (unpaired) electrons. The van der Waals surface area contributed by atoms with Crippen molar-refractivity contribution in [2.24, 2.45) is 7.05 Å². The van der Waals surface area contributed by atoms with Gasteiger partial charge in [0.2, 0.25) is 11.8 Å². The number of rotatable bonds is 9. The number of carboxylic acids is 2. The Hall–Kier alpha value is -4.42. The molecule has 0 aliphatic carbocycles. The van der Waals surface area contributed by atoms with E-state index in [-0.39, 0.29) is 17.4 Å². The molecule has 2 aromatic rings. The van der Waals surface area contributed by atoms with Crippen LogP contribution in [0.15, 0.2) is 23.0 Å². The van der Waals surface area contributed by atoms with Crippen LogP contribution in [0.4, 0.5) is 0 Å². The minimum Gasteiger partial charge on any atom is -0.506 e. The molecule has 13 nitrogen and oxygen atoms in total. The summed E-state index contributed by atoms with van der Waals surface area (Å²) in [5.74, 6) is -5.67. The monoisotopic (exact) mass is 462 g/mol.